The lowest BCUT2D eigenvalue weighted by Crippen LogP contribution is -2.20. The molecule has 31 heavy (non-hydrogen) atoms. The fourth-order valence-electron chi connectivity index (χ4n) is 2.87. The Balaban J connectivity index is 1.64. The van der Waals surface area contributed by atoms with Crippen LogP contribution < -0.4 is 19.6 Å². The van der Waals surface area contributed by atoms with Crippen molar-refractivity contribution in [3.63, 3.8) is 0 Å². The van der Waals surface area contributed by atoms with Gasteiger partial charge in [-0.2, -0.15) is 5.10 Å². The average molecular weight is 442 g/mol. The highest BCUT2D eigenvalue weighted by Gasteiger charge is 2.15. The molecule has 2 aromatic carbocycles. The minimum absolute atomic E-state index is 0.130. The van der Waals surface area contributed by atoms with E-state index in [1.165, 1.54) is 32.2 Å². The van der Waals surface area contributed by atoms with E-state index in [1.807, 2.05) is 41.8 Å². The third kappa shape index (κ3) is 5.15. The van der Waals surface area contributed by atoms with Gasteiger partial charge >= 0.3 is 0 Å². The Bertz CT molecular complexity index is 1070. The topological polar surface area (TPSA) is 99.9 Å². The van der Waals surface area contributed by atoms with Crippen molar-refractivity contribution in [1.82, 2.24) is 20.2 Å². The van der Waals surface area contributed by atoms with Gasteiger partial charge < -0.3 is 14.2 Å². The molecule has 3 rings (SSSR count). The number of aromatic nitrogens is 3. The first-order valence-corrected chi connectivity index (χ1v) is 10.3. The molecule has 0 saturated heterocycles. The lowest BCUT2D eigenvalue weighted by atomic mass is 10.2. The fourth-order valence-corrected chi connectivity index (χ4v) is 3.66. The molecule has 0 radical (unpaired) electrons. The van der Waals surface area contributed by atoms with E-state index in [2.05, 4.69) is 20.7 Å². The predicted molar refractivity (Wildman–Crippen MR) is 119 cm³/mol. The normalized spacial score (nSPS) is 10.8. The number of hydrazone groups is 1. The van der Waals surface area contributed by atoms with Gasteiger partial charge in [-0.15, -0.1) is 10.2 Å². The van der Waals surface area contributed by atoms with E-state index in [-0.39, 0.29) is 11.7 Å². The summed E-state index contributed by atoms with van der Waals surface area (Å²) in [5, 5.41) is 12.9. The molecule has 1 amide bonds. The SMILES string of the molecule is COc1ccc(/C=N/NC(=O)CSc2nnc(C)n2-c2ccccc2)c(OC)c1OC. The van der Waals surface area contributed by atoms with Crippen LogP contribution in [0.3, 0.4) is 0 Å². The largest absolute Gasteiger partial charge is 0.493 e. The number of para-hydroxylation sites is 1. The summed E-state index contributed by atoms with van der Waals surface area (Å²) in [6, 6.07) is 13.2. The lowest BCUT2D eigenvalue weighted by Gasteiger charge is -2.13. The molecule has 0 atom stereocenters. The molecule has 0 aliphatic carbocycles. The van der Waals surface area contributed by atoms with E-state index in [0.29, 0.717) is 28.0 Å². The minimum atomic E-state index is -0.277. The molecule has 0 fully saturated rings. The molecule has 9 nitrogen and oxygen atoms in total. The van der Waals surface area contributed by atoms with Crippen molar-refractivity contribution in [2.24, 2.45) is 5.10 Å². The number of hydrogen-bond donors (Lipinski definition) is 1. The molecule has 0 aliphatic rings. The monoisotopic (exact) mass is 441 g/mol. The van der Waals surface area contributed by atoms with Crippen molar-refractivity contribution < 1.29 is 19.0 Å². The molecule has 0 unspecified atom stereocenters. The quantitative estimate of drug-likeness (QED) is 0.310. The van der Waals surface area contributed by atoms with Crippen LogP contribution in [0, 0.1) is 6.92 Å². The van der Waals surface area contributed by atoms with Gasteiger partial charge in [-0.05, 0) is 31.2 Å². The summed E-state index contributed by atoms with van der Waals surface area (Å²) in [5.74, 6) is 2.04. The second-order valence-electron chi connectivity index (χ2n) is 6.21. The van der Waals surface area contributed by atoms with Gasteiger partial charge in [0, 0.05) is 11.3 Å². The van der Waals surface area contributed by atoms with Crippen LogP contribution in [-0.4, -0.2) is 54.0 Å². The lowest BCUT2D eigenvalue weighted by molar-refractivity contribution is -0.118. The van der Waals surface area contributed by atoms with E-state index in [1.54, 1.807) is 19.2 Å². The molecular weight excluding hydrogens is 418 g/mol. The van der Waals surface area contributed by atoms with E-state index < -0.39 is 0 Å². The Morgan fingerprint density at radius 2 is 1.81 bits per heavy atom. The van der Waals surface area contributed by atoms with Crippen LogP contribution >= 0.6 is 11.8 Å². The van der Waals surface area contributed by atoms with Gasteiger partial charge in [0.2, 0.25) is 5.75 Å². The Morgan fingerprint density at radius 3 is 2.48 bits per heavy atom. The van der Waals surface area contributed by atoms with Crippen molar-refractivity contribution in [3.8, 4) is 22.9 Å². The molecule has 0 aliphatic heterocycles. The van der Waals surface area contributed by atoms with Crippen molar-refractivity contribution in [1.29, 1.82) is 0 Å². The number of carbonyl (C=O) groups is 1. The first kappa shape index (κ1) is 22.2. The van der Waals surface area contributed by atoms with Crippen LogP contribution in [0.1, 0.15) is 11.4 Å². The summed E-state index contributed by atoms with van der Waals surface area (Å²) in [4.78, 5) is 12.3. The highest BCUT2D eigenvalue weighted by Crippen LogP contribution is 2.38. The summed E-state index contributed by atoms with van der Waals surface area (Å²) < 4.78 is 17.9. The first-order valence-electron chi connectivity index (χ1n) is 9.30. The van der Waals surface area contributed by atoms with E-state index in [4.69, 9.17) is 14.2 Å². The number of amides is 1. The maximum Gasteiger partial charge on any atom is 0.250 e. The van der Waals surface area contributed by atoms with Crippen LogP contribution in [0.25, 0.3) is 5.69 Å². The zero-order valence-corrected chi connectivity index (χ0v) is 18.5. The third-order valence-electron chi connectivity index (χ3n) is 4.27. The maximum absolute atomic E-state index is 12.3. The Labute approximate surface area is 184 Å². The van der Waals surface area contributed by atoms with Gasteiger partial charge in [-0.1, -0.05) is 30.0 Å². The smallest absolute Gasteiger partial charge is 0.250 e. The van der Waals surface area contributed by atoms with E-state index in [0.717, 1.165) is 11.5 Å². The standard InChI is InChI=1S/C21H23N5O4S/c1-14-23-25-21(26(14)16-8-6-5-7-9-16)31-13-18(27)24-22-12-15-10-11-17(28-2)20(30-4)19(15)29-3/h5-12H,13H2,1-4H3,(H,24,27)/b22-12+. The van der Waals surface area contributed by atoms with Crippen LogP contribution in [0.15, 0.2) is 52.7 Å². The molecule has 0 spiro atoms. The van der Waals surface area contributed by atoms with Crippen molar-refractivity contribution in [3.05, 3.63) is 53.9 Å². The number of benzene rings is 2. The number of carbonyl (C=O) groups excluding carboxylic acids is 1. The number of aryl methyl sites for hydroxylation is 1. The second kappa shape index (κ2) is 10.5. The van der Waals surface area contributed by atoms with Gasteiger partial charge in [-0.25, -0.2) is 5.43 Å². The van der Waals surface area contributed by atoms with Gasteiger partial charge in [0.05, 0.1) is 33.3 Å². The van der Waals surface area contributed by atoms with Crippen LogP contribution in [0.4, 0.5) is 0 Å². The Morgan fingerprint density at radius 1 is 1.06 bits per heavy atom. The number of methoxy groups -OCH3 is 3. The number of ether oxygens (including phenoxy) is 3. The summed E-state index contributed by atoms with van der Waals surface area (Å²) in [7, 11) is 4.59. The zero-order valence-electron chi connectivity index (χ0n) is 17.7. The number of nitrogens with one attached hydrogen (secondary N) is 1. The highest BCUT2D eigenvalue weighted by molar-refractivity contribution is 7.99. The molecule has 162 valence electrons. The summed E-state index contributed by atoms with van der Waals surface area (Å²) in [6.07, 6.45) is 1.49. The van der Waals surface area contributed by atoms with Gasteiger partial charge in [-0.3, -0.25) is 9.36 Å². The van der Waals surface area contributed by atoms with Crippen molar-refractivity contribution in [2.45, 2.75) is 12.1 Å². The molecule has 1 heterocycles. The van der Waals surface area contributed by atoms with Gasteiger partial charge in [0.25, 0.3) is 5.91 Å². The summed E-state index contributed by atoms with van der Waals surface area (Å²) in [6.45, 7) is 1.87. The summed E-state index contributed by atoms with van der Waals surface area (Å²) >= 11 is 1.28. The molecular formula is C21H23N5O4S. The molecule has 0 saturated carbocycles. The number of nitrogens with zero attached hydrogens (tertiary/aromatic N) is 4. The second-order valence-corrected chi connectivity index (χ2v) is 7.15. The third-order valence-corrected chi connectivity index (χ3v) is 5.20. The molecule has 1 aromatic heterocycles. The van der Waals surface area contributed by atoms with E-state index in [9.17, 15) is 4.79 Å². The zero-order chi connectivity index (χ0) is 22.2. The van der Waals surface area contributed by atoms with E-state index >= 15 is 0 Å². The average Bonchev–Trinajstić information content (AvgIpc) is 3.17. The molecule has 0 bridgehead atoms. The van der Waals surface area contributed by atoms with Crippen molar-refractivity contribution >= 4 is 23.9 Å². The number of rotatable bonds is 9. The number of hydrogen-bond acceptors (Lipinski definition) is 8. The molecule has 10 heteroatoms. The van der Waals surface area contributed by atoms with Crippen LogP contribution in [0.2, 0.25) is 0 Å². The molecule has 3 aromatic rings. The fraction of sp³-hybridized carbons (Fsp3) is 0.238. The first-order chi connectivity index (χ1) is 15.1. The summed E-state index contributed by atoms with van der Waals surface area (Å²) in [5.41, 5.74) is 4.08. The Kier molecular flexibility index (Phi) is 7.50. The van der Waals surface area contributed by atoms with Crippen molar-refractivity contribution in [2.75, 3.05) is 27.1 Å². The molecule has 1 N–H and O–H groups in total. The van der Waals surface area contributed by atoms with Crippen LogP contribution in [0.5, 0.6) is 17.2 Å². The predicted octanol–water partition coefficient (Wildman–Crippen LogP) is 2.84. The van der Waals surface area contributed by atoms with Gasteiger partial charge in [0.1, 0.15) is 5.82 Å². The van der Waals surface area contributed by atoms with Gasteiger partial charge in [0.15, 0.2) is 16.7 Å². The Hall–Kier alpha value is -3.53. The van der Waals surface area contributed by atoms with Crippen LogP contribution in [-0.2, 0) is 4.79 Å². The maximum atomic E-state index is 12.3. The highest BCUT2D eigenvalue weighted by atomic mass is 32.2. The number of thioether (sulfide) groups is 1. The minimum Gasteiger partial charge on any atom is -0.493 e.